The van der Waals surface area contributed by atoms with Crippen LogP contribution in [-0.2, 0) is 17.7 Å². The van der Waals surface area contributed by atoms with Crippen LogP contribution in [0.1, 0.15) is 16.7 Å². The number of rotatable bonds is 1. The minimum absolute atomic E-state index is 0.182. The van der Waals surface area contributed by atoms with Crippen molar-refractivity contribution in [1.29, 1.82) is 0 Å². The van der Waals surface area contributed by atoms with E-state index in [0.717, 1.165) is 6.07 Å². The third-order valence-corrected chi connectivity index (χ3v) is 3.39. The van der Waals surface area contributed by atoms with Crippen molar-refractivity contribution in [2.45, 2.75) is 17.7 Å². The van der Waals surface area contributed by atoms with E-state index in [4.69, 9.17) is 0 Å². The van der Waals surface area contributed by atoms with E-state index in [1.165, 1.54) is 0 Å². The molecule has 0 aliphatic heterocycles. The summed E-state index contributed by atoms with van der Waals surface area (Å²) >= 11 is 5.19. The van der Waals surface area contributed by atoms with Crippen LogP contribution in [0.25, 0.3) is 0 Å². The summed E-state index contributed by atoms with van der Waals surface area (Å²) in [4.78, 5) is 0. The van der Waals surface area contributed by atoms with Crippen molar-refractivity contribution in [2.75, 3.05) is 0 Å². The average Bonchev–Trinajstić information content (AvgIpc) is 2.12. The van der Waals surface area contributed by atoms with Crippen LogP contribution in [0, 0.1) is 0 Å². The number of hydrogen-bond donors (Lipinski definition) is 0. The van der Waals surface area contributed by atoms with E-state index in [0.29, 0.717) is 6.07 Å². The summed E-state index contributed by atoms with van der Waals surface area (Å²) in [6.45, 7) is 0. The topological polar surface area (TPSA) is 0 Å². The molecule has 0 amide bonds. The molecule has 0 heterocycles. The van der Waals surface area contributed by atoms with E-state index in [9.17, 15) is 26.3 Å². The van der Waals surface area contributed by atoms with E-state index in [-0.39, 0.29) is 10.9 Å². The molecule has 0 aliphatic carbocycles. The Morgan fingerprint density at radius 3 is 1.82 bits per heavy atom. The van der Waals surface area contributed by atoms with Gasteiger partial charge in [0.1, 0.15) is 0 Å². The minimum atomic E-state index is -4.84. The Morgan fingerprint density at radius 1 is 0.941 bits per heavy atom. The molecule has 0 bridgehead atoms. The number of hydrogen-bond acceptors (Lipinski definition) is 0. The predicted molar refractivity (Wildman–Crippen MR) is 56.8 cm³/mol. The SMILES string of the molecule is FC(F)(F)c1ccc(CBr)c(C(F)(F)F)c1Br. The normalized spacial score (nSPS) is 12.9. The molecule has 0 N–H and O–H groups in total. The molecule has 0 saturated carbocycles. The predicted octanol–water partition coefficient (Wildman–Crippen LogP) is 5.38. The molecule has 1 rings (SSSR count). The van der Waals surface area contributed by atoms with Gasteiger partial charge >= 0.3 is 12.4 Å². The van der Waals surface area contributed by atoms with Gasteiger partial charge in [-0.15, -0.1) is 0 Å². The Bertz CT molecular complexity index is 421. The van der Waals surface area contributed by atoms with Crippen LogP contribution in [0.3, 0.4) is 0 Å². The van der Waals surface area contributed by atoms with Crippen LogP contribution < -0.4 is 0 Å². The van der Waals surface area contributed by atoms with Gasteiger partial charge in [0.05, 0.1) is 11.1 Å². The van der Waals surface area contributed by atoms with Crippen LogP contribution >= 0.6 is 31.9 Å². The standard InChI is InChI=1S/C9H4Br2F6/c10-3-4-1-2-5(8(12,13)14)7(11)6(4)9(15,16)17/h1-2H,3H2. The monoisotopic (exact) mass is 384 g/mol. The Balaban J connectivity index is 3.55. The molecule has 0 nitrogen and oxygen atoms in total. The van der Waals surface area contributed by atoms with Gasteiger partial charge in [-0.25, -0.2) is 0 Å². The lowest BCUT2D eigenvalue weighted by atomic mass is 10.0. The third-order valence-electron chi connectivity index (χ3n) is 1.96. The highest BCUT2D eigenvalue weighted by atomic mass is 79.9. The minimum Gasteiger partial charge on any atom is -0.166 e. The fourth-order valence-electron chi connectivity index (χ4n) is 1.25. The number of halogens is 8. The first kappa shape index (κ1) is 14.8. The molecule has 0 atom stereocenters. The summed E-state index contributed by atoms with van der Waals surface area (Å²) in [6.07, 6.45) is -9.67. The first-order valence-corrected chi connectivity index (χ1v) is 6.02. The summed E-state index contributed by atoms with van der Waals surface area (Å²) in [5.74, 6) is 0. The van der Waals surface area contributed by atoms with Crippen LogP contribution in [0.15, 0.2) is 16.6 Å². The second-order valence-electron chi connectivity index (χ2n) is 3.09. The maximum atomic E-state index is 12.6. The lowest BCUT2D eigenvalue weighted by molar-refractivity contribution is -0.144. The van der Waals surface area contributed by atoms with Gasteiger partial charge < -0.3 is 0 Å². The first-order chi connectivity index (χ1) is 7.59. The Labute approximate surface area is 109 Å². The van der Waals surface area contributed by atoms with Gasteiger partial charge in [0.25, 0.3) is 0 Å². The van der Waals surface area contributed by atoms with E-state index in [1.54, 1.807) is 0 Å². The van der Waals surface area contributed by atoms with E-state index >= 15 is 0 Å². The zero-order chi connectivity index (χ0) is 13.4. The van der Waals surface area contributed by atoms with E-state index in [1.807, 2.05) is 0 Å². The van der Waals surface area contributed by atoms with Crippen LogP contribution in [0.4, 0.5) is 26.3 Å². The molecule has 8 heteroatoms. The van der Waals surface area contributed by atoms with Crippen LogP contribution in [0.5, 0.6) is 0 Å². The third kappa shape index (κ3) is 3.15. The van der Waals surface area contributed by atoms with Gasteiger partial charge in [-0.1, -0.05) is 22.0 Å². The van der Waals surface area contributed by atoms with Crippen LogP contribution in [0.2, 0.25) is 0 Å². The Morgan fingerprint density at radius 2 is 1.47 bits per heavy atom. The van der Waals surface area contributed by atoms with Gasteiger partial charge in [0.2, 0.25) is 0 Å². The molecule has 0 unspecified atom stereocenters. The second-order valence-corrected chi connectivity index (χ2v) is 4.44. The van der Waals surface area contributed by atoms with Crippen molar-refractivity contribution in [1.82, 2.24) is 0 Å². The van der Waals surface area contributed by atoms with Crippen LogP contribution in [-0.4, -0.2) is 0 Å². The Hall–Kier alpha value is -0.240. The molecule has 0 saturated heterocycles. The molecule has 96 valence electrons. The van der Waals surface area contributed by atoms with Crippen molar-refractivity contribution in [3.63, 3.8) is 0 Å². The van der Waals surface area contributed by atoms with Gasteiger partial charge in [0.15, 0.2) is 0 Å². The maximum absolute atomic E-state index is 12.6. The summed E-state index contributed by atoms with van der Waals surface area (Å²) < 4.78 is 74.3. The van der Waals surface area contributed by atoms with Crippen molar-refractivity contribution in [2.24, 2.45) is 0 Å². The highest BCUT2D eigenvalue weighted by Crippen LogP contribution is 2.44. The number of benzene rings is 1. The lowest BCUT2D eigenvalue weighted by Crippen LogP contribution is -2.15. The molecule has 0 aliphatic rings. The molecule has 1 aromatic carbocycles. The molecular weight excluding hydrogens is 382 g/mol. The molecule has 0 spiro atoms. The number of alkyl halides is 7. The first-order valence-electron chi connectivity index (χ1n) is 4.10. The van der Waals surface area contributed by atoms with Crippen molar-refractivity contribution >= 4 is 31.9 Å². The second kappa shape index (κ2) is 4.79. The van der Waals surface area contributed by atoms with Crippen molar-refractivity contribution in [3.8, 4) is 0 Å². The molecule has 17 heavy (non-hydrogen) atoms. The Kier molecular flexibility index (Phi) is 4.18. The summed E-state index contributed by atoms with van der Waals surface area (Å²) in [5.41, 5.74) is -2.89. The molecular formula is C9H4Br2F6. The zero-order valence-corrected chi connectivity index (χ0v) is 11.1. The fourth-order valence-corrected chi connectivity index (χ4v) is 2.56. The summed E-state index contributed by atoms with van der Waals surface area (Å²) in [6, 6.07) is 1.43. The van der Waals surface area contributed by atoms with E-state index < -0.39 is 28.0 Å². The summed E-state index contributed by atoms with van der Waals surface area (Å²) in [7, 11) is 0. The molecule has 0 aromatic heterocycles. The fraction of sp³-hybridized carbons (Fsp3) is 0.333. The maximum Gasteiger partial charge on any atom is 0.417 e. The zero-order valence-electron chi connectivity index (χ0n) is 7.89. The van der Waals surface area contributed by atoms with Crippen molar-refractivity contribution < 1.29 is 26.3 Å². The average molecular weight is 386 g/mol. The van der Waals surface area contributed by atoms with Gasteiger partial charge in [-0.3, -0.25) is 0 Å². The smallest absolute Gasteiger partial charge is 0.166 e. The van der Waals surface area contributed by atoms with Gasteiger partial charge in [0, 0.05) is 9.80 Å². The molecule has 0 radical (unpaired) electrons. The highest BCUT2D eigenvalue weighted by molar-refractivity contribution is 9.10. The van der Waals surface area contributed by atoms with Crippen molar-refractivity contribution in [3.05, 3.63) is 33.3 Å². The highest BCUT2D eigenvalue weighted by Gasteiger charge is 2.41. The largest absolute Gasteiger partial charge is 0.417 e. The van der Waals surface area contributed by atoms with E-state index in [2.05, 4.69) is 31.9 Å². The quantitative estimate of drug-likeness (QED) is 0.449. The van der Waals surface area contributed by atoms with Gasteiger partial charge in [-0.05, 0) is 27.6 Å². The summed E-state index contributed by atoms with van der Waals surface area (Å²) in [5, 5.41) is -0.182. The van der Waals surface area contributed by atoms with Gasteiger partial charge in [-0.2, -0.15) is 26.3 Å². The molecule has 0 fully saturated rings. The lowest BCUT2D eigenvalue weighted by Gasteiger charge is -2.17. The molecule has 1 aromatic rings.